The fourth-order valence-electron chi connectivity index (χ4n) is 2.73. The van der Waals surface area contributed by atoms with Gasteiger partial charge in [-0.1, -0.05) is 46.0 Å². The van der Waals surface area contributed by atoms with Gasteiger partial charge in [0, 0.05) is 6.04 Å². The van der Waals surface area contributed by atoms with E-state index < -0.39 is 0 Å². The number of rotatable bonds is 6. The molecule has 0 spiro atoms. The number of hydrogen-bond donors (Lipinski definition) is 1. The first kappa shape index (κ1) is 12.0. The molecule has 1 N–H and O–H groups in total. The van der Waals surface area contributed by atoms with Gasteiger partial charge in [0.05, 0.1) is 0 Å². The first-order chi connectivity index (χ1) is 6.88. The Morgan fingerprint density at radius 3 is 2.43 bits per heavy atom. The van der Waals surface area contributed by atoms with Gasteiger partial charge in [-0.15, -0.1) is 0 Å². The summed E-state index contributed by atoms with van der Waals surface area (Å²) in [6.07, 6.45) is 11.5. The molecule has 1 unspecified atom stereocenters. The van der Waals surface area contributed by atoms with E-state index in [0.29, 0.717) is 0 Å². The smallest absolute Gasteiger partial charge is 0.00952 e. The van der Waals surface area contributed by atoms with Gasteiger partial charge in [0.2, 0.25) is 0 Å². The van der Waals surface area contributed by atoms with Crippen molar-refractivity contribution >= 4 is 0 Å². The van der Waals surface area contributed by atoms with E-state index in [9.17, 15) is 0 Å². The van der Waals surface area contributed by atoms with Crippen LogP contribution in [0, 0.1) is 5.92 Å². The molecule has 0 aromatic heterocycles. The highest BCUT2D eigenvalue weighted by atomic mass is 14.9. The number of unbranched alkanes of at least 4 members (excludes halogenated alkanes) is 1. The summed E-state index contributed by atoms with van der Waals surface area (Å²) in [5, 5.41) is 3.69. The lowest BCUT2D eigenvalue weighted by Crippen LogP contribution is -2.37. The summed E-state index contributed by atoms with van der Waals surface area (Å²) >= 11 is 0. The van der Waals surface area contributed by atoms with Gasteiger partial charge in [-0.05, 0) is 31.7 Å². The molecule has 0 heterocycles. The molecule has 1 aliphatic rings. The first-order valence-corrected chi connectivity index (χ1v) is 6.61. The molecule has 0 aromatic rings. The molecule has 1 nitrogen and oxygen atoms in total. The summed E-state index contributed by atoms with van der Waals surface area (Å²) in [5.41, 5.74) is 0. The summed E-state index contributed by atoms with van der Waals surface area (Å²) < 4.78 is 0. The zero-order chi connectivity index (χ0) is 10.2. The van der Waals surface area contributed by atoms with E-state index >= 15 is 0 Å². The Bertz CT molecular complexity index is 127. The van der Waals surface area contributed by atoms with E-state index in [2.05, 4.69) is 19.2 Å². The minimum absolute atomic E-state index is 0.820. The molecule has 0 radical (unpaired) electrons. The second kappa shape index (κ2) is 7.28. The third-order valence-electron chi connectivity index (χ3n) is 3.55. The second-order valence-corrected chi connectivity index (χ2v) is 4.70. The summed E-state index contributed by atoms with van der Waals surface area (Å²) in [4.78, 5) is 0. The molecule has 1 saturated carbocycles. The van der Waals surface area contributed by atoms with Crippen molar-refractivity contribution in [3.63, 3.8) is 0 Å². The van der Waals surface area contributed by atoms with E-state index in [1.807, 2.05) is 0 Å². The minimum atomic E-state index is 0.820. The molecule has 1 aliphatic carbocycles. The maximum absolute atomic E-state index is 3.69. The van der Waals surface area contributed by atoms with Crippen LogP contribution < -0.4 is 5.32 Å². The fraction of sp³-hybridized carbons (Fsp3) is 1.00. The molecule has 0 aliphatic heterocycles. The fourth-order valence-corrected chi connectivity index (χ4v) is 2.73. The molecule has 0 amide bonds. The van der Waals surface area contributed by atoms with Gasteiger partial charge >= 0.3 is 0 Å². The summed E-state index contributed by atoms with van der Waals surface area (Å²) in [7, 11) is 0. The predicted molar refractivity (Wildman–Crippen MR) is 63.6 cm³/mol. The molecule has 0 aromatic carbocycles. The molecule has 1 fully saturated rings. The van der Waals surface area contributed by atoms with Crippen LogP contribution in [-0.2, 0) is 0 Å². The quantitative estimate of drug-likeness (QED) is 0.684. The Morgan fingerprint density at radius 2 is 1.86 bits per heavy atom. The largest absolute Gasteiger partial charge is 0.314 e. The highest BCUT2D eigenvalue weighted by Gasteiger charge is 2.21. The Morgan fingerprint density at radius 1 is 1.14 bits per heavy atom. The van der Waals surface area contributed by atoms with Gasteiger partial charge in [0.1, 0.15) is 0 Å². The monoisotopic (exact) mass is 197 g/mol. The Kier molecular flexibility index (Phi) is 6.25. The van der Waals surface area contributed by atoms with Crippen LogP contribution in [0.4, 0.5) is 0 Å². The van der Waals surface area contributed by atoms with E-state index in [1.54, 1.807) is 0 Å². The zero-order valence-electron chi connectivity index (χ0n) is 10.0. The normalized spacial score (nSPS) is 21.0. The van der Waals surface area contributed by atoms with Crippen molar-refractivity contribution < 1.29 is 0 Å². The lowest BCUT2D eigenvalue weighted by molar-refractivity contribution is 0.257. The van der Waals surface area contributed by atoms with Crippen molar-refractivity contribution in [3.05, 3.63) is 0 Å². The zero-order valence-corrected chi connectivity index (χ0v) is 10.0. The van der Waals surface area contributed by atoms with Crippen LogP contribution in [0.5, 0.6) is 0 Å². The maximum atomic E-state index is 3.69. The molecule has 1 rings (SSSR count). The highest BCUT2D eigenvalue weighted by molar-refractivity contribution is 4.78. The highest BCUT2D eigenvalue weighted by Crippen LogP contribution is 2.28. The van der Waals surface area contributed by atoms with Crippen molar-refractivity contribution in [2.75, 3.05) is 6.54 Å². The molecule has 1 heteroatoms. The molecular formula is C13H27N. The number of nitrogens with one attached hydrogen (secondary N) is 1. The van der Waals surface area contributed by atoms with Gasteiger partial charge < -0.3 is 5.32 Å². The van der Waals surface area contributed by atoms with Gasteiger partial charge in [0.25, 0.3) is 0 Å². The molecule has 1 atom stereocenters. The van der Waals surface area contributed by atoms with Crippen LogP contribution in [-0.4, -0.2) is 12.6 Å². The third-order valence-corrected chi connectivity index (χ3v) is 3.55. The Balaban J connectivity index is 2.30. The van der Waals surface area contributed by atoms with Gasteiger partial charge in [-0.25, -0.2) is 0 Å². The topological polar surface area (TPSA) is 12.0 Å². The van der Waals surface area contributed by atoms with Crippen LogP contribution in [0.25, 0.3) is 0 Å². The Hall–Kier alpha value is -0.0400. The average Bonchev–Trinajstić information content (AvgIpc) is 2.25. The minimum Gasteiger partial charge on any atom is -0.314 e. The molecule has 14 heavy (non-hydrogen) atoms. The summed E-state index contributed by atoms with van der Waals surface area (Å²) in [6, 6.07) is 0.820. The van der Waals surface area contributed by atoms with Crippen LogP contribution in [0.3, 0.4) is 0 Å². The average molecular weight is 197 g/mol. The molecule has 0 saturated heterocycles. The van der Waals surface area contributed by atoms with Crippen LogP contribution >= 0.6 is 0 Å². The lowest BCUT2D eigenvalue weighted by Gasteiger charge is -2.30. The van der Waals surface area contributed by atoms with Crippen LogP contribution in [0.1, 0.15) is 65.2 Å². The SMILES string of the molecule is CCCCC(NCC)C1CCCCC1. The molecular weight excluding hydrogens is 170 g/mol. The van der Waals surface area contributed by atoms with Gasteiger partial charge in [0.15, 0.2) is 0 Å². The van der Waals surface area contributed by atoms with E-state index in [-0.39, 0.29) is 0 Å². The first-order valence-electron chi connectivity index (χ1n) is 6.61. The molecule has 84 valence electrons. The van der Waals surface area contributed by atoms with Gasteiger partial charge in [-0.2, -0.15) is 0 Å². The van der Waals surface area contributed by atoms with Gasteiger partial charge in [-0.3, -0.25) is 0 Å². The second-order valence-electron chi connectivity index (χ2n) is 4.70. The van der Waals surface area contributed by atoms with Crippen molar-refractivity contribution in [1.29, 1.82) is 0 Å². The van der Waals surface area contributed by atoms with E-state index in [4.69, 9.17) is 0 Å². The predicted octanol–water partition coefficient (Wildman–Crippen LogP) is 3.74. The number of hydrogen-bond acceptors (Lipinski definition) is 1. The lowest BCUT2D eigenvalue weighted by atomic mass is 9.82. The van der Waals surface area contributed by atoms with Crippen molar-refractivity contribution in [2.45, 2.75) is 71.3 Å². The molecule has 0 bridgehead atoms. The van der Waals surface area contributed by atoms with Crippen molar-refractivity contribution in [1.82, 2.24) is 5.32 Å². The maximum Gasteiger partial charge on any atom is 0.00952 e. The Labute approximate surface area is 89.7 Å². The van der Waals surface area contributed by atoms with Crippen LogP contribution in [0.2, 0.25) is 0 Å². The van der Waals surface area contributed by atoms with Crippen molar-refractivity contribution in [2.24, 2.45) is 5.92 Å². The van der Waals surface area contributed by atoms with Crippen molar-refractivity contribution in [3.8, 4) is 0 Å². The summed E-state index contributed by atoms with van der Waals surface area (Å²) in [6.45, 7) is 5.68. The summed E-state index contributed by atoms with van der Waals surface area (Å²) in [5.74, 6) is 0.982. The standard InChI is InChI=1S/C13H27N/c1-3-5-11-13(14-4-2)12-9-7-6-8-10-12/h12-14H,3-11H2,1-2H3. The van der Waals surface area contributed by atoms with E-state index in [0.717, 1.165) is 18.5 Å². The van der Waals surface area contributed by atoms with E-state index in [1.165, 1.54) is 51.4 Å². The van der Waals surface area contributed by atoms with Crippen LogP contribution in [0.15, 0.2) is 0 Å². The third kappa shape index (κ3) is 4.00.